The van der Waals surface area contributed by atoms with E-state index in [4.69, 9.17) is 10.5 Å². The summed E-state index contributed by atoms with van der Waals surface area (Å²) in [4.78, 5) is 0. The van der Waals surface area contributed by atoms with Crippen LogP contribution in [0.4, 0.5) is 4.39 Å². The molecule has 1 rings (SSSR count). The van der Waals surface area contributed by atoms with Gasteiger partial charge in [0.2, 0.25) is 0 Å². The van der Waals surface area contributed by atoms with Crippen LogP contribution in [0.15, 0.2) is 16.6 Å². The number of nitrogens with two attached hydrogens (primary N) is 1. The second-order valence-corrected chi connectivity index (χ2v) is 5.32. The van der Waals surface area contributed by atoms with Crippen molar-refractivity contribution in [1.29, 1.82) is 0 Å². The van der Waals surface area contributed by atoms with Crippen LogP contribution < -0.4 is 10.5 Å². The van der Waals surface area contributed by atoms with E-state index >= 15 is 0 Å². The van der Waals surface area contributed by atoms with Gasteiger partial charge in [-0.3, -0.25) is 0 Å². The summed E-state index contributed by atoms with van der Waals surface area (Å²) in [7, 11) is 1.54. The molecule has 2 nitrogen and oxygen atoms in total. The van der Waals surface area contributed by atoms with Crippen LogP contribution in [-0.2, 0) is 0 Å². The molecule has 0 bridgehead atoms. The Morgan fingerprint density at radius 2 is 2.06 bits per heavy atom. The molecule has 2 N–H and O–H groups in total. The van der Waals surface area contributed by atoms with E-state index in [1.165, 1.54) is 32.4 Å². The SMILES string of the molecule is CCCCCCC(N)c1cc(Br)c(F)cc1OC. The molecule has 0 saturated carbocycles. The van der Waals surface area contributed by atoms with Crippen molar-refractivity contribution in [3.63, 3.8) is 0 Å². The number of rotatable bonds is 7. The Labute approximate surface area is 117 Å². The Balaban J connectivity index is 2.71. The Bertz CT molecular complexity index is 384. The highest BCUT2D eigenvalue weighted by molar-refractivity contribution is 9.10. The second-order valence-electron chi connectivity index (χ2n) is 4.46. The number of unbranched alkanes of at least 4 members (excludes halogenated alkanes) is 3. The van der Waals surface area contributed by atoms with Crippen molar-refractivity contribution in [2.45, 2.75) is 45.1 Å². The fourth-order valence-electron chi connectivity index (χ4n) is 1.96. The molecule has 1 aromatic rings. The van der Waals surface area contributed by atoms with E-state index in [1.807, 2.05) is 0 Å². The molecule has 0 radical (unpaired) electrons. The summed E-state index contributed by atoms with van der Waals surface area (Å²) >= 11 is 3.18. The van der Waals surface area contributed by atoms with E-state index in [1.54, 1.807) is 6.07 Å². The third-order valence-corrected chi connectivity index (χ3v) is 3.65. The lowest BCUT2D eigenvalue weighted by atomic mass is 10.00. The topological polar surface area (TPSA) is 35.2 Å². The summed E-state index contributed by atoms with van der Waals surface area (Å²) in [5.74, 6) is 0.201. The third kappa shape index (κ3) is 4.25. The van der Waals surface area contributed by atoms with E-state index in [0.29, 0.717) is 10.2 Å². The van der Waals surface area contributed by atoms with Crippen molar-refractivity contribution in [1.82, 2.24) is 0 Å². The Kier molecular flexibility index (Phi) is 6.65. The Morgan fingerprint density at radius 3 is 2.67 bits per heavy atom. The molecule has 102 valence electrons. The zero-order chi connectivity index (χ0) is 13.5. The van der Waals surface area contributed by atoms with Gasteiger partial charge in [0.25, 0.3) is 0 Å². The molecule has 0 saturated heterocycles. The first kappa shape index (κ1) is 15.4. The van der Waals surface area contributed by atoms with E-state index in [9.17, 15) is 4.39 Å². The maximum Gasteiger partial charge on any atom is 0.141 e. The molecular weight excluding hydrogens is 297 g/mol. The van der Waals surface area contributed by atoms with Crippen LogP contribution in [0, 0.1) is 5.82 Å². The summed E-state index contributed by atoms with van der Waals surface area (Å²) < 4.78 is 19.0. The van der Waals surface area contributed by atoms with Gasteiger partial charge >= 0.3 is 0 Å². The monoisotopic (exact) mass is 317 g/mol. The zero-order valence-electron chi connectivity index (χ0n) is 11.0. The van der Waals surface area contributed by atoms with Gasteiger partial charge in [-0.05, 0) is 28.4 Å². The molecule has 4 heteroatoms. The van der Waals surface area contributed by atoms with Crippen molar-refractivity contribution in [2.75, 3.05) is 7.11 Å². The van der Waals surface area contributed by atoms with E-state index in [-0.39, 0.29) is 11.9 Å². The third-order valence-electron chi connectivity index (χ3n) is 3.04. The van der Waals surface area contributed by atoms with Gasteiger partial charge in [0.1, 0.15) is 11.6 Å². The molecule has 0 aliphatic heterocycles. The van der Waals surface area contributed by atoms with Crippen LogP contribution in [0.25, 0.3) is 0 Å². The first-order chi connectivity index (χ1) is 8.60. The lowest BCUT2D eigenvalue weighted by molar-refractivity contribution is 0.399. The molecule has 1 aromatic carbocycles. The van der Waals surface area contributed by atoms with Crippen LogP contribution in [0.2, 0.25) is 0 Å². The van der Waals surface area contributed by atoms with Crippen LogP contribution >= 0.6 is 15.9 Å². The average Bonchev–Trinajstić information content (AvgIpc) is 2.37. The van der Waals surface area contributed by atoms with Gasteiger partial charge in [-0.15, -0.1) is 0 Å². The predicted octanol–water partition coefficient (Wildman–Crippen LogP) is 4.57. The highest BCUT2D eigenvalue weighted by atomic mass is 79.9. The van der Waals surface area contributed by atoms with Crippen molar-refractivity contribution in [3.8, 4) is 5.75 Å². The quantitative estimate of drug-likeness (QED) is 0.748. The van der Waals surface area contributed by atoms with E-state index in [0.717, 1.165) is 18.4 Å². The maximum absolute atomic E-state index is 13.4. The van der Waals surface area contributed by atoms with Gasteiger partial charge in [-0.2, -0.15) is 0 Å². The van der Waals surface area contributed by atoms with Crippen molar-refractivity contribution in [2.24, 2.45) is 5.73 Å². The van der Waals surface area contributed by atoms with Crippen LogP contribution in [-0.4, -0.2) is 7.11 Å². The van der Waals surface area contributed by atoms with Crippen LogP contribution in [0.5, 0.6) is 5.75 Å². The normalized spacial score (nSPS) is 12.5. The van der Waals surface area contributed by atoms with Gasteiger partial charge < -0.3 is 10.5 Å². The van der Waals surface area contributed by atoms with Gasteiger partial charge in [0.15, 0.2) is 0 Å². The first-order valence-corrected chi connectivity index (χ1v) is 7.18. The number of hydrogen-bond donors (Lipinski definition) is 1. The number of halogens is 2. The van der Waals surface area contributed by atoms with E-state index in [2.05, 4.69) is 22.9 Å². The molecule has 1 atom stereocenters. The molecule has 0 heterocycles. The Morgan fingerprint density at radius 1 is 1.33 bits per heavy atom. The Hall–Kier alpha value is -0.610. The molecule has 0 aliphatic carbocycles. The minimum absolute atomic E-state index is 0.103. The molecular formula is C14H21BrFNO. The van der Waals surface area contributed by atoms with Gasteiger partial charge in [0.05, 0.1) is 11.6 Å². The summed E-state index contributed by atoms with van der Waals surface area (Å²) in [5.41, 5.74) is 7.01. The lowest BCUT2D eigenvalue weighted by Crippen LogP contribution is -2.12. The number of ether oxygens (including phenoxy) is 1. The van der Waals surface area contributed by atoms with Crippen LogP contribution in [0.1, 0.15) is 50.6 Å². The van der Waals surface area contributed by atoms with Gasteiger partial charge in [0, 0.05) is 17.7 Å². The van der Waals surface area contributed by atoms with Crippen molar-refractivity contribution >= 4 is 15.9 Å². The van der Waals surface area contributed by atoms with Crippen LogP contribution in [0.3, 0.4) is 0 Å². The standard InChI is InChI=1S/C14H21BrFNO/c1-3-4-5-6-7-13(17)10-8-11(15)12(16)9-14(10)18-2/h8-9,13H,3-7,17H2,1-2H3. The molecule has 0 aliphatic rings. The van der Waals surface area contributed by atoms with Gasteiger partial charge in [-0.1, -0.05) is 32.6 Å². The number of methoxy groups -OCH3 is 1. The molecule has 0 amide bonds. The summed E-state index contributed by atoms with van der Waals surface area (Å²) in [5, 5.41) is 0. The minimum atomic E-state index is -0.325. The fourth-order valence-corrected chi connectivity index (χ4v) is 2.32. The lowest BCUT2D eigenvalue weighted by Gasteiger charge is -2.16. The minimum Gasteiger partial charge on any atom is -0.496 e. The van der Waals surface area contributed by atoms with Crippen molar-refractivity contribution in [3.05, 3.63) is 28.0 Å². The predicted molar refractivity (Wildman–Crippen MR) is 76.3 cm³/mol. The second kappa shape index (κ2) is 7.74. The average molecular weight is 318 g/mol. The molecule has 0 spiro atoms. The number of benzene rings is 1. The highest BCUT2D eigenvalue weighted by Crippen LogP contribution is 2.31. The van der Waals surface area contributed by atoms with Crippen molar-refractivity contribution < 1.29 is 9.13 Å². The molecule has 0 fully saturated rings. The molecule has 1 unspecified atom stereocenters. The zero-order valence-corrected chi connectivity index (χ0v) is 12.6. The number of hydrogen-bond acceptors (Lipinski definition) is 2. The smallest absolute Gasteiger partial charge is 0.141 e. The first-order valence-electron chi connectivity index (χ1n) is 6.38. The van der Waals surface area contributed by atoms with E-state index < -0.39 is 0 Å². The maximum atomic E-state index is 13.4. The van der Waals surface area contributed by atoms with Gasteiger partial charge in [-0.25, -0.2) is 4.39 Å². The highest BCUT2D eigenvalue weighted by Gasteiger charge is 2.15. The summed E-state index contributed by atoms with van der Waals surface area (Å²) in [6.45, 7) is 2.18. The fraction of sp³-hybridized carbons (Fsp3) is 0.571. The summed E-state index contributed by atoms with van der Waals surface area (Å²) in [6.07, 6.45) is 5.62. The molecule has 18 heavy (non-hydrogen) atoms. The summed E-state index contributed by atoms with van der Waals surface area (Å²) in [6, 6.07) is 3.00. The largest absolute Gasteiger partial charge is 0.496 e. The molecule has 0 aromatic heterocycles.